The van der Waals surface area contributed by atoms with Crippen molar-refractivity contribution in [2.24, 2.45) is 0 Å². The van der Waals surface area contributed by atoms with Gasteiger partial charge >= 0.3 is 0 Å². The fraction of sp³-hybridized carbons (Fsp3) is 0.188. The Kier molecular flexibility index (Phi) is 4.23. The third-order valence-electron chi connectivity index (χ3n) is 3.46. The number of H-pyrrole nitrogens is 1. The lowest BCUT2D eigenvalue weighted by Crippen LogP contribution is -2.17. The zero-order valence-corrected chi connectivity index (χ0v) is 13.6. The van der Waals surface area contributed by atoms with Crippen LogP contribution in [0.2, 0.25) is 0 Å². The number of hydrogen-bond acceptors (Lipinski definition) is 3. The average Bonchev–Trinajstić information content (AvgIpc) is 2.93. The fourth-order valence-corrected chi connectivity index (χ4v) is 3.54. The van der Waals surface area contributed by atoms with E-state index in [0.717, 1.165) is 12.1 Å². The van der Waals surface area contributed by atoms with Crippen LogP contribution in [0.5, 0.6) is 0 Å². The standard InChI is InChI=1S/C16H15F2N3O2S/c1-2-9-24(22,23)21-13-8-7-10(17)14(15(13)18)16-19-11-5-3-4-6-12(11)20-16/h3-8,21H,2,9H2,1H3,(H,19,20). The zero-order chi connectivity index (χ0) is 17.3. The Morgan fingerprint density at radius 3 is 2.62 bits per heavy atom. The van der Waals surface area contributed by atoms with Crippen LogP contribution in [0.15, 0.2) is 36.4 Å². The smallest absolute Gasteiger partial charge is 0.232 e. The minimum atomic E-state index is -3.69. The Bertz CT molecular complexity index is 967. The number of nitrogens with zero attached hydrogens (tertiary/aromatic N) is 1. The summed E-state index contributed by atoms with van der Waals surface area (Å²) in [6.07, 6.45) is 0.384. The molecule has 0 bridgehead atoms. The molecule has 0 aliphatic carbocycles. The molecule has 126 valence electrons. The van der Waals surface area contributed by atoms with E-state index in [0.29, 0.717) is 17.5 Å². The largest absolute Gasteiger partial charge is 0.338 e. The van der Waals surface area contributed by atoms with E-state index in [1.165, 1.54) is 0 Å². The monoisotopic (exact) mass is 351 g/mol. The van der Waals surface area contributed by atoms with Gasteiger partial charge in [0.05, 0.1) is 28.0 Å². The zero-order valence-electron chi connectivity index (χ0n) is 12.8. The number of halogens is 2. The lowest BCUT2D eigenvalue weighted by molar-refractivity contribution is 0.586. The van der Waals surface area contributed by atoms with Crippen LogP contribution < -0.4 is 4.72 Å². The number of fused-ring (bicyclic) bond motifs is 1. The van der Waals surface area contributed by atoms with Gasteiger partial charge in [-0.2, -0.15) is 0 Å². The lowest BCUT2D eigenvalue weighted by Gasteiger charge is -2.10. The third-order valence-corrected chi connectivity index (χ3v) is 4.93. The Balaban J connectivity index is 2.09. The highest BCUT2D eigenvalue weighted by Crippen LogP contribution is 2.30. The van der Waals surface area contributed by atoms with E-state index in [9.17, 15) is 17.2 Å². The summed E-state index contributed by atoms with van der Waals surface area (Å²) in [7, 11) is -3.69. The SMILES string of the molecule is CCCS(=O)(=O)Nc1ccc(F)c(-c2nc3ccccc3[nH]2)c1F. The molecule has 0 fully saturated rings. The van der Waals surface area contributed by atoms with Gasteiger partial charge in [0.1, 0.15) is 11.6 Å². The Hall–Kier alpha value is -2.48. The Morgan fingerprint density at radius 1 is 1.17 bits per heavy atom. The van der Waals surface area contributed by atoms with Crippen molar-refractivity contribution in [2.45, 2.75) is 13.3 Å². The molecular formula is C16H15F2N3O2S. The predicted octanol–water partition coefficient (Wildman–Crippen LogP) is 3.66. The molecule has 0 radical (unpaired) electrons. The van der Waals surface area contributed by atoms with Gasteiger partial charge in [-0.05, 0) is 30.7 Å². The molecule has 3 rings (SSSR count). The van der Waals surface area contributed by atoms with Gasteiger partial charge in [0, 0.05) is 0 Å². The van der Waals surface area contributed by atoms with Gasteiger partial charge in [0.2, 0.25) is 10.0 Å². The molecule has 0 aliphatic rings. The summed E-state index contributed by atoms with van der Waals surface area (Å²) in [5, 5.41) is 0. The van der Waals surface area contributed by atoms with Crippen LogP contribution in [0, 0.1) is 11.6 Å². The van der Waals surface area contributed by atoms with Gasteiger partial charge in [-0.1, -0.05) is 19.1 Å². The minimum absolute atomic E-state index is 0.00254. The number of aromatic nitrogens is 2. The van der Waals surface area contributed by atoms with E-state index in [-0.39, 0.29) is 17.3 Å². The van der Waals surface area contributed by atoms with Crippen molar-refractivity contribution < 1.29 is 17.2 Å². The van der Waals surface area contributed by atoms with E-state index in [2.05, 4.69) is 14.7 Å². The Morgan fingerprint density at radius 2 is 1.92 bits per heavy atom. The van der Waals surface area contributed by atoms with Crippen molar-refractivity contribution in [2.75, 3.05) is 10.5 Å². The van der Waals surface area contributed by atoms with E-state index in [1.807, 2.05) is 0 Å². The fourth-order valence-electron chi connectivity index (χ4n) is 2.41. The molecule has 0 atom stereocenters. The van der Waals surface area contributed by atoms with Crippen LogP contribution in [0.4, 0.5) is 14.5 Å². The van der Waals surface area contributed by atoms with Gasteiger partial charge < -0.3 is 4.98 Å². The first-order valence-corrected chi connectivity index (χ1v) is 9.00. The van der Waals surface area contributed by atoms with Crippen LogP contribution in [-0.2, 0) is 10.0 Å². The maximum atomic E-state index is 14.7. The van der Waals surface area contributed by atoms with Crippen molar-refractivity contribution in [3.05, 3.63) is 48.0 Å². The molecule has 3 aromatic rings. The van der Waals surface area contributed by atoms with E-state index >= 15 is 0 Å². The Labute approximate surface area is 137 Å². The molecule has 0 aliphatic heterocycles. The summed E-state index contributed by atoms with van der Waals surface area (Å²) in [5.41, 5.74) is 0.481. The number of imidazole rings is 1. The number of hydrogen-bond donors (Lipinski definition) is 2. The summed E-state index contributed by atoms with van der Waals surface area (Å²) < 4.78 is 54.6. The first-order chi connectivity index (χ1) is 11.4. The van der Waals surface area contributed by atoms with Crippen molar-refractivity contribution in [1.29, 1.82) is 0 Å². The molecule has 2 aromatic carbocycles. The molecule has 5 nitrogen and oxygen atoms in total. The number of sulfonamides is 1. The topological polar surface area (TPSA) is 74.8 Å². The highest BCUT2D eigenvalue weighted by atomic mass is 32.2. The number of benzene rings is 2. The highest BCUT2D eigenvalue weighted by molar-refractivity contribution is 7.92. The summed E-state index contributed by atoms with van der Waals surface area (Å²) in [6, 6.07) is 9.04. The van der Waals surface area contributed by atoms with E-state index < -0.39 is 27.2 Å². The number of anilines is 1. The molecule has 0 amide bonds. The van der Waals surface area contributed by atoms with Crippen molar-refractivity contribution in [3.8, 4) is 11.4 Å². The molecule has 2 N–H and O–H groups in total. The second-order valence-electron chi connectivity index (χ2n) is 5.31. The van der Waals surface area contributed by atoms with Gasteiger partial charge in [-0.25, -0.2) is 22.2 Å². The van der Waals surface area contributed by atoms with E-state index in [4.69, 9.17) is 0 Å². The first kappa shape index (κ1) is 16.4. The van der Waals surface area contributed by atoms with E-state index in [1.54, 1.807) is 31.2 Å². The quantitative estimate of drug-likeness (QED) is 0.737. The number of aromatic amines is 1. The molecule has 0 saturated carbocycles. The molecule has 0 unspecified atom stereocenters. The summed E-state index contributed by atoms with van der Waals surface area (Å²) >= 11 is 0. The molecule has 8 heteroatoms. The maximum absolute atomic E-state index is 14.7. The van der Waals surface area contributed by atoms with Crippen LogP contribution in [0.25, 0.3) is 22.4 Å². The highest BCUT2D eigenvalue weighted by Gasteiger charge is 2.21. The van der Waals surface area contributed by atoms with Crippen LogP contribution in [0.3, 0.4) is 0 Å². The third kappa shape index (κ3) is 3.09. The molecule has 0 saturated heterocycles. The number of nitrogens with one attached hydrogen (secondary N) is 2. The molecule has 1 heterocycles. The predicted molar refractivity (Wildman–Crippen MR) is 89.1 cm³/mol. The summed E-state index contributed by atoms with van der Waals surface area (Å²) in [6.45, 7) is 1.69. The molecule has 1 aromatic heterocycles. The second-order valence-corrected chi connectivity index (χ2v) is 7.15. The maximum Gasteiger partial charge on any atom is 0.232 e. The summed E-state index contributed by atoms with van der Waals surface area (Å²) in [4.78, 5) is 7.01. The molecule has 0 spiro atoms. The van der Waals surface area contributed by atoms with Gasteiger partial charge in [-0.15, -0.1) is 0 Å². The summed E-state index contributed by atoms with van der Waals surface area (Å²) in [5.74, 6) is -1.98. The first-order valence-electron chi connectivity index (χ1n) is 7.35. The van der Waals surface area contributed by atoms with Crippen molar-refractivity contribution in [3.63, 3.8) is 0 Å². The number of para-hydroxylation sites is 2. The molecular weight excluding hydrogens is 336 g/mol. The number of rotatable bonds is 5. The van der Waals surface area contributed by atoms with Crippen LogP contribution >= 0.6 is 0 Å². The average molecular weight is 351 g/mol. The molecule has 24 heavy (non-hydrogen) atoms. The second kappa shape index (κ2) is 6.20. The van der Waals surface area contributed by atoms with Crippen molar-refractivity contribution >= 4 is 26.7 Å². The van der Waals surface area contributed by atoms with Crippen LogP contribution in [0.1, 0.15) is 13.3 Å². The van der Waals surface area contributed by atoms with Crippen LogP contribution in [-0.4, -0.2) is 24.1 Å². The van der Waals surface area contributed by atoms with Gasteiger partial charge in [-0.3, -0.25) is 4.72 Å². The minimum Gasteiger partial charge on any atom is -0.338 e. The van der Waals surface area contributed by atoms with Crippen molar-refractivity contribution in [1.82, 2.24) is 9.97 Å². The lowest BCUT2D eigenvalue weighted by atomic mass is 10.1. The van der Waals surface area contributed by atoms with Gasteiger partial charge in [0.15, 0.2) is 5.82 Å². The van der Waals surface area contributed by atoms with Gasteiger partial charge in [0.25, 0.3) is 0 Å². The normalized spacial score (nSPS) is 11.8.